The lowest BCUT2D eigenvalue weighted by atomic mass is 9.94. The molecule has 11 heteroatoms. The number of rotatable bonds is 1. The lowest BCUT2D eigenvalue weighted by Gasteiger charge is -2.28. The van der Waals surface area contributed by atoms with Crippen LogP contribution in [-0.2, 0) is 20.9 Å². The first-order valence-electron chi connectivity index (χ1n) is 13.8. The van der Waals surface area contributed by atoms with Crippen LogP contribution in [0.4, 0.5) is 26.2 Å². The maximum Gasteiger partial charge on any atom is 0.411 e. The molecule has 0 saturated carbocycles. The minimum absolute atomic E-state index is 0.0905. The molecule has 0 fully saturated rings. The Morgan fingerprint density at radius 1 is 1.07 bits per heavy atom. The number of carbonyl (C=O) groups excluding carboxylic acids is 3. The van der Waals surface area contributed by atoms with E-state index in [1.807, 2.05) is 30.4 Å². The lowest BCUT2D eigenvalue weighted by Crippen LogP contribution is -2.36. The van der Waals surface area contributed by atoms with E-state index in [9.17, 15) is 14.4 Å². The Morgan fingerprint density at radius 2 is 1.93 bits per heavy atom. The van der Waals surface area contributed by atoms with Gasteiger partial charge in [0.1, 0.15) is 5.82 Å². The van der Waals surface area contributed by atoms with Gasteiger partial charge >= 0.3 is 6.09 Å². The van der Waals surface area contributed by atoms with Crippen molar-refractivity contribution in [3.8, 4) is 11.1 Å². The second-order valence-corrected chi connectivity index (χ2v) is 10.6. The van der Waals surface area contributed by atoms with Gasteiger partial charge < -0.3 is 20.7 Å². The molecule has 3 amide bonds. The highest BCUT2D eigenvalue weighted by molar-refractivity contribution is 6.31. The van der Waals surface area contributed by atoms with Crippen LogP contribution in [0.3, 0.4) is 0 Å². The van der Waals surface area contributed by atoms with E-state index in [2.05, 4.69) is 15.6 Å². The van der Waals surface area contributed by atoms with Gasteiger partial charge in [-0.15, -0.1) is 0 Å². The summed E-state index contributed by atoms with van der Waals surface area (Å²) in [6, 6.07) is 11.8. The van der Waals surface area contributed by atoms with Gasteiger partial charge in [0.2, 0.25) is 11.8 Å². The van der Waals surface area contributed by atoms with Crippen molar-refractivity contribution in [3.63, 3.8) is 0 Å². The van der Waals surface area contributed by atoms with Gasteiger partial charge in [-0.1, -0.05) is 29.8 Å². The Balaban J connectivity index is 1.55. The van der Waals surface area contributed by atoms with Gasteiger partial charge in [-0.2, -0.15) is 0 Å². The van der Waals surface area contributed by atoms with Gasteiger partial charge in [-0.05, 0) is 67.6 Å². The Bertz CT molecular complexity index is 1550. The van der Waals surface area contributed by atoms with Crippen LogP contribution in [0.25, 0.3) is 11.1 Å². The number of halogens is 2. The van der Waals surface area contributed by atoms with Gasteiger partial charge in [0.15, 0.2) is 0 Å². The summed E-state index contributed by atoms with van der Waals surface area (Å²) < 4.78 is 20.5. The predicted octanol–water partition coefficient (Wildman–Crippen LogP) is 6.26. The van der Waals surface area contributed by atoms with Gasteiger partial charge in [-0.3, -0.25) is 19.9 Å². The quantitative estimate of drug-likeness (QED) is 0.227. The van der Waals surface area contributed by atoms with Gasteiger partial charge in [0, 0.05) is 36.0 Å². The molecule has 4 N–H and O–H groups in total. The molecular weight excluding hydrogens is 561 g/mol. The number of hydrogen-bond donors (Lipinski definition) is 3. The number of aromatic nitrogens is 1. The SMILES string of the molecule is Nc1ccc2c(c1)NC(=O)CC/C=C\C[C@@H](C(=O)N1CCCCOC(=O)Nc3ccc(Cl)c(F)c3C1)c1cc-2ccn1. The molecule has 2 bridgehead atoms. The summed E-state index contributed by atoms with van der Waals surface area (Å²) in [5, 5.41) is 5.41. The maximum atomic E-state index is 15.3. The molecular formula is C31H31ClFN5O4. The van der Waals surface area contributed by atoms with Crippen LogP contribution in [0.1, 0.15) is 49.3 Å². The highest BCUT2D eigenvalue weighted by Gasteiger charge is 2.29. The number of anilines is 3. The van der Waals surface area contributed by atoms with Gasteiger partial charge in [-0.25, -0.2) is 9.18 Å². The summed E-state index contributed by atoms with van der Waals surface area (Å²) >= 11 is 6.10. The number of carbonyl (C=O) groups is 3. The van der Waals surface area contributed by atoms with Crippen molar-refractivity contribution in [2.75, 3.05) is 29.5 Å². The van der Waals surface area contributed by atoms with Crippen molar-refractivity contribution < 1.29 is 23.5 Å². The standard InChI is InChI=1S/C31H31ClFN5O4/c32-24-10-11-25-23(29(24)33)18-38(14-4-5-15-42-31(41)37-25)30(40)22-6-2-1-3-7-28(39)36-27-17-20(34)8-9-21(27)19-12-13-35-26(22)16-19/h1-2,8-13,16-17,22H,3-7,14-15,18,34H2,(H,36,39)(H,37,41)/b2-1-/t22-/m1/s1. The average molecular weight is 592 g/mol. The summed E-state index contributed by atoms with van der Waals surface area (Å²) in [5.41, 5.74) is 9.42. The highest BCUT2D eigenvalue weighted by atomic mass is 35.5. The van der Waals surface area contributed by atoms with Crippen molar-refractivity contribution in [3.05, 3.63) is 82.9 Å². The first-order chi connectivity index (χ1) is 20.3. The second kappa shape index (κ2) is 13.0. The van der Waals surface area contributed by atoms with E-state index in [1.165, 1.54) is 12.1 Å². The van der Waals surface area contributed by atoms with Crippen LogP contribution < -0.4 is 16.4 Å². The normalized spacial score (nSPS) is 18.7. The van der Waals surface area contributed by atoms with Crippen LogP contribution in [0.15, 0.2) is 60.8 Å². The Kier molecular flexibility index (Phi) is 9.02. The monoisotopic (exact) mass is 591 g/mol. The molecule has 2 aliphatic heterocycles. The summed E-state index contributed by atoms with van der Waals surface area (Å²) in [6.45, 7) is 0.356. The number of benzene rings is 2. The number of pyridine rings is 1. The van der Waals surface area contributed by atoms with Crippen LogP contribution in [0.2, 0.25) is 5.02 Å². The summed E-state index contributed by atoms with van der Waals surface area (Å²) in [5.74, 6) is -1.80. The highest BCUT2D eigenvalue weighted by Crippen LogP contribution is 2.34. The number of nitrogens with one attached hydrogen (secondary N) is 2. The van der Waals surface area contributed by atoms with Crippen molar-refractivity contribution in [2.24, 2.45) is 0 Å². The van der Waals surface area contributed by atoms with Crippen LogP contribution >= 0.6 is 11.6 Å². The van der Waals surface area contributed by atoms with E-state index < -0.39 is 17.8 Å². The number of nitrogens with zero attached hydrogens (tertiary/aromatic N) is 2. The zero-order chi connectivity index (χ0) is 29.6. The number of allylic oxidation sites excluding steroid dienone is 2. The third kappa shape index (κ3) is 6.71. The molecule has 1 aromatic heterocycles. The van der Waals surface area contributed by atoms with E-state index in [0.717, 1.165) is 11.1 Å². The number of nitrogen functional groups attached to an aromatic ring is 1. The Hall–Kier alpha value is -4.44. The molecule has 0 unspecified atom stereocenters. The molecule has 0 aliphatic carbocycles. The van der Waals surface area contributed by atoms with Gasteiger partial charge in [0.05, 0.1) is 41.2 Å². The number of hydrogen-bond acceptors (Lipinski definition) is 6. The second-order valence-electron chi connectivity index (χ2n) is 10.2. The number of amides is 3. The first-order valence-corrected chi connectivity index (χ1v) is 14.2. The van der Waals surface area contributed by atoms with E-state index >= 15 is 4.39 Å². The fourth-order valence-electron chi connectivity index (χ4n) is 5.11. The average Bonchev–Trinajstić information content (AvgIpc) is 3.00. The molecule has 0 saturated heterocycles. The number of ether oxygens (including phenoxy) is 1. The van der Waals surface area contributed by atoms with Crippen molar-refractivity contribution in [1.82, 2.24) is 9.88 Å². The zero-order valence-electron chi connectivity index (χ0n) is 22.9. The summed E-state index contributed by atoms with van der Waals surface area (Å²) in [4.78, 5) is 45.3. The first kappa shape index (κ1) is 29.1. The molecule has 3 aromatic rings. The number of fused-ring (bicyclic) bond motifs is 5. The molecule has 218 valence electrons. The number of cyclic esters (lactones) is 1. The largest absolute Gasteiger partial charge is 0.449 e. The topological polar surface area (TPSA) is 127 Å². The van der Waals surface area contributed by atoms with Crippen LogP contribution in [0, 0.1) is 5.82 Å². The molecule has 0 radical (unpaired) electrons. The minimum Gasteiger partial charge on any atom is -0.449 e. The molecule has 1 atom stereocenters. The van der Waals surface area contributed by atoms with Crippen molar-refractivity contribution in [1.29, 1.82) is 0 Å². The van der Waals surface area contributed by atoms with Crippen LogP contribution in [-0.4, -0.2) is 40.9 Å². The van der Waals surface area contributed by atoms with Crippen molar-refractivity contribution >= 4 is 46.6 Å². The number of nitrogens with two attached hydrogens (primary N) is 1. The van der Waals surface area contributed by atoms with E-state index in [0.29, 0.717) is 49.3 Å². The zero-order valence-corrected chi connectivity index (χ0v) is 23.6. The Morgan fingerprint density at radius 3 is 2.79 bits per heavy atom. The van der Waals surface area contributed by atoms with E-state index in [4.69, 9.17) is 22.1 Å². The smallest absolute Gasteiger partial charge is 0.411 e. The Labute approximate surface area is 247 Å². The van der Waals surface area contributed by atoms with E-state index in [1.54, 1.807) is 23.2 Å². The molecule has 5 rings (SSSR count). The third-order valence-corrected chi connectivity index (χ3v) is 7.58. The van der Waals surface area contributed by atoms with Crippen LogP contribution in [0.5, 0.6) is 0 Å². The maximum absolute atomic E-state index is 15.3. The van der Waals surface area contributed by atoms with Gasteiger partial charge in [0.25, 0.3) is 0 Å². The minimum atomic E-state index is -0.713. The third-order valence-electron chi connectivity index (χ3n) is 7.29. The molecule has 9 nitrogen and oxygen atoms in total. The molecule has 2 aromatic carbocycles. The summed E-state index contributed by atoms with van der Waals surface area (Å²) in [7, 11) is 0. The molecule has 0 spiro atoms. The van der Waals surface area contributed by atoms with E-state index in [-0.39, 0.29) is 47.7 Å². The fourth-order valence-corrected chi connectivity index (χ4v) is 5.28. The summed E-state index contributed by atoms with van der Waals surface area (Å²) in [6.07, 6.45) is 6.80. The molecule has 42 heavy (non-hydrogen) atoms. The molecule has 2 aliphatic rings. The predicted molar refractivity (Wildman–Crippen MR) is 159 cm³/mol. The molecule has 3 heterocycles. The van der Waals surface area contributed by atoms with Crippen molar-refractivity contribution in [2.45, 2.75) is 44.6 Å². The fraction of sp³-hybridized carbons (Fsp3) is 0.290. The lowest BCUT2D eigenvalue weighted by molar-refractivity contribution is -0.133.